The molecule has 0 radical (unpaired) electrons. The molecule has 2 heterocycles. The van der Waals surface area contributed by atoms with Gasteiger partial charge in [0, 0.05) is 18.7 Å². The third-order valence-corrected chi connectivity index (χ3v) is 8.26. The lowest BCUT2D eigenvalue weighted by molar-refractivity contribution is -0.144. The van der Waals surface area contributed by atoms with Gasteiger partial charge in [-0.25, -0.2) is 4.79 Å². The highest BCUT2D eigenvalue weighted by atomic mass is 32.1. The summed E-state index contributed by atoms with van der Waals surface area (Å²) in [5.74, 6) is -0.717. The molecule has 0 saturated carbocycles. The van der Waals surface area contributed by atoms with Crippen molar-refractivity contribution in [3.05, 3.63) is 35.9 Å². The first-order valence-corrected chi connectivity index (χ1v) is 13.1. The van der Waals surface area contributed by atoms with Gasteiger partial charge in [0.15, 0.2) is 0 Å². The summed E-state index contributed by atoms with van der Waals surface area (Å²) in [5.41, 5.74) is -1.14. The number of hydrogen-bond donors (Lipinski definition) is 2. The largest absolute Gasteiger partial charge is 0.467 e. The summed E-state index contributed by atoms with van der Waals surface area (Å²) in [4.78, 5) is 43.2. The number of likely N-dealkylation sites (tertiary alicyclic amines) is 2. The average molecular weight is 533 g/mol. The van der Waals surface area contributed by atoms with Crippen LogP contribution >= 0.6 is 24.4 Å². The van der Waals surface area contributed by atoms with E-state index in [0.29, 0.717) is 41.5 Å². The normalized spacial score (nSPS) is 20.1. The van der Waals surface area contributed by atoms with Crippen LogP contribution in [-0.4, -0.2) is 80.9 Å². The number of benzene rings is 1. The van der Waals surface area contributed by atoms with E-state index >= 15 is 0 Å². The van der Waals surface area contributed by atoms with Crippen molar-refractivity contribution in [1.29, 1.82) is 0 Å². The van der Waals surface area contributed by atoms with Crippen molar-refractivity contribution >= 4 is 52.2 Å². The number of carbonyl (C=O) groups excluding carboxylic acids is 3. The zero-order valence-corrected chi connectivity index (χ0v) is 23.3. The van der Waals surface area contributed by atoms with Gasteiger partial charge < -0.3 is 25.2 Å². The lowest BCUT2D eigenvalue weighted by atomic mass is 10.0. The van der Waals surface area contributed by atoms with Crippen molar-refractivity contribution in [2.45, 2.75) is 76.5 Å². The number of methoxy groups -OCH3 is 1. The van der Waals surface area contributed by atoms with Gasteiger partial charge in [-0.2, -0.15) is 0 Å². The van der Waals surface area contributed by atoms with Gasteiger partial charge in [-0.1, -0.05) is 42.6 Å². The molecule has 36 heavy (non-hydrogen) atoms. The lowest BCUT2D eigenvalue weighted by Gasteiger charge is -2.39. The maximum absolute atomic E-state index is 13.5. The predicted octanol–water partition coefficient (Wildman–Crippen LogP) is 2.85. The van der Waals surface area contributed by atoms with Crippen LogP contribution in [0.15, 0.2) is 30.3 Å². The minimum absolute atomic E-state index is 0.179. The Labute approximate surface area is 224 Å². The van der Waals surface area contributed by atoms with E-state index in [1.165, 1.54) is 7.11 Å². The average Bonchev–Trinajstić information content (AvgIpc) is 3.52. The van der Waals surface area contributed by atoms with Gasteiger partial charge in [-0.15, -0.1) is 0 Å². The number of hydrogen-bond acceptors (Lipinski definition) is 6. The van der Waals surface area contributed by atoms with Crippen molar-refractivity contribution in [1.82, 2.24) is 20.4 Å². The summed E-state index contributed by atoms with van der Waals surface area (Å²) in [6, 6.07) is 8.07. The smallest absolute Gasteiger partial charge is 0.328 e. The molecule has 2 saturated heterocycles. The standard InChI is InChI=1S/C26H36N4O4S2/c1-25(2,27-20(31)17-11-7-6-8-12-17)23(35)29-15-9-13-18(29)21(32)28-26(3,4)24(36)30-16-10-14-19(30)22(33)34-5/h6-8,11-12,18-19H,9-10,13-16H2,1-5H3,(H,27,31)(H,28,32)/t18-,19+/m1/s1. The Kier molecular flexibility index (Phi) is 8.71. The molecule has 10 heteroatoms. The quantitative estimate of drug-likeness (QED) is 0.409. The number of ether oxygens (including phenoxy) is 1. The molecule has 0 aliphatic carbocycles. The van der Waals surface area contributed by atoms with E-state index in [2.05, 4.69) is 10.6 Å². The Morgan fingerprint density at radius 1 is 0.861 bits per heavy atom. The summed E-state index contributed by atoms with van der Waals surface area (Å²) >= 11 is 11.5. The molecule has 2 aliphatic heterocycles. The number of amides is 2. The van der Waals surface area contributed by atoms with Crippen LogP contribution < -0.4 is 10.6 Å². The van der Waals surface area contributed by atoms with Gasteiger partial charge in [0.1, 0.15) is 22.1 Å². The summed E-state index contributed by atoms with van der Waals surface area (Å²) in [7, 11) is 1.37. The van der Waals surface area contributed by atoms with Crippen LogP contribution in [0, 0.1) is 0 Å². The Morgan fingerprint density at radius 2 is 1.36 bits per heavy atom. The van der Waals surface area contributed by atoms with E-state index in [1.807, 2.05) is 55.7 Å². The van der Waals surface area contributed by atoms with Crippen LogP contribution in [0.4, 0.5) is 0 Å². The Hall–Kier alpha value is -2.59. The third kappa shape index (κ3) is 6.03. The highest BCUT2D eigenvalue weighted by molar-refractivity contribution is 7.80. The van der Waals surface area contributed by atoms with Crippen molar-refractivity contribution < 1.29 is 19.1 Å². The highest BCUT2D eigenvalue weighted by Crippen LogP contribution is 2.26. The molecule has 0 aromatic heterocycles. The molecule has 0 unspecified atom stereocenters. The van der Waals surface area contributed by atoms with Crippen LogP contribution in [0.3, 0.4) is 0 Å². The molecular weight excluding hydrogens is 496 g/mol. The van der Waals surface area contributed by atoms with Crippen LogP contribution in [0.25, 0.3) is 0 Å². The maximum Gasteiger partial charge on any atom is 0.328 e. The third-order valence-electron chi connectivity index (χ3n) is 6.77. The van der Waals surface area contributed by atoms with Crippen LogP contribution in [0.1, 0.15) is 63.7 Å². The molecule has 3 rings (SSSR count). The Balaban J connectivity index is 1.68. The summed E-state index contributed by atoms with van der Waals surface area (Å²) in [6.07, 6.45) is 2.96. The van der Waals surface area contributed by atoms with E-state index in [-0.39, 0.29) is 17.8 Å². The molecule has 8 nitrogen and oxygen atoms in total. The van der Waals surface area contributed by atoms with Gasteiger partial charge in [0.2, 0.25) is 5.91 Å². The van der Waals surface area contributed by atoms with Crippen molar-refractivity contribution in [3.8, 4) is 0 Å². The molecule has 2 N–H and O–H groups in total. The van der Waals surface area contributed by atoms with Crippen molar-refractivity contribution in [2.24, 2.45) is 0 Å². The SMILES string of the molecule is COC(=O)[C@@H]1CCCN1C(=S)C(C)(C)NC(=O)[C@H]1CCCN1C(=S)C(C)(C)NC(=O)c1ccccc1. The number of carbonyl (C=O) groups is 3. The van der Waals surface area contributed by atoms with E-state index in [1.54, 1.807) is 12.1 Å². The second-order valence-corrected chi connectivity index (χ2v) is 11.2. The summed E-state index contributed by atoms with van der Waals surface area (Å²) in [5, 5.41) is 6.10. The zero-order chi connectivity index (χ0) is 26.7. The molecule has 0 spiro atoms. The lowest BCUT2D eigenvalue weighted by Crippen LogP contribution is -2.62. The molecule has 196 valence electrons. The monoisotopic (exact) mass is 532 g/mol. The van der Waals surface area contributed by atoms with Gasteiger partial charge in [-0.3, -0.25) is 9.59 Å². The Morgan fingerprint density at radius 3 is 1.92 bits per heavy atom. The van der Waals surface area contributed by atoms with Crippen LogP contribution in [-0.2, 0) is 14.3 Å². The number of rotatable bonds is 7. The molecule has 2 fully saturated rings. The maximum atomic E-state index is 13.5. The second-order valence-electron chi connectivity index (χ2n) is 10.4. The first kappa shape index (κ1) is 28.0. The molecule has 1 aromatic carbocycles. The molecule has 2 amide bonds. The number of nitrogens with one attached hydrogen (secondary N) is 2. The van der Waals surface area contributed by atoms with Crippen molar-refractivity contribution in [3.63, 3.8) is 0 Å². The first-order valence-electron chi connectivity index (χ1n) is 12.3. The predicted molar refractivity (Wildman–Crippen MR) is 147 cm³/mol. The fourth-order valence-corrected chi connectivity index (χ4v) is 5.37. The topological polar surface area (TPSA) is 91.0 Å². The van der Waals surface area contributed by atoms with Gasteiger partial charge in [0.25, 0.3) is 5.91 Å². The molecule has 1 aromatic rings. The minimum atomic E-state index is -0.851. The van der Waals surface area contributed by atoms with E-state index < -0.39 is 23.2 Å². The second kappa shape index (κ2) is 11.2. The zero-order valence-electron chi connectivity index (χ0n) is 21.6. The van der Waals surface area contributed by atoms with Crippen LogP contribution in [0.2, 0.25) is 0 Å². The van der Waals surface area contributed by atoms with Gasteiger partial charge in [-0.05, 0) is 65.5 Å². The van der Waals surface area contributed by atoms with Gasteiger partial charge in [0.05, 0.1) is 18.2 Å². The summed E-state index contributed by atoms with van der Waals surface area (Å²) < 4.78 is 4.94. The number of esters is 1. The van der Waals surface area contributed by atoms with Gasteiger partial charge >= 0.3 is 5.97 Å². The van der Waals surface area contributed by atoms with Crippen LogP contribution in [0.5, 0.6) is 0 Å². The summed E-state index contributed by atoms with van der Waals surface area (Å²) in [6.45, 7) is 8.67. The van der Waals surface area contributed by atoms with Crippen molar-refractivity contribution in [2.75, 3.05) is 20.2 Å². The molecule has 2 atom stereocenters. The molecular formula is C26H36N4O4S2. The fraction of sp³-hybridized carbons (Fsp3) is 0.577. The van der Waals surface area contributed by atoms with E-state index in [0.717, 1.165) is 12.8 Å². The fourth-order valence-electron chi connectivity index (χ4n) is 4.84. The molecule has 0 bridgehead atoms. The highest BCUT2D eigenvalue weighted by Gasteiger charge is 2.43. The molecule has 2 aliphatic rings. The minimum Gasteiger partial charge on any atom is -0.467 e. The Bertz CT molecular complexity index is 1030. The first-order chi connectivity index (χ1) is 16.9. The number of thiocarbonyl (C=S) groups is 2. The van der Waals surface area contributed by atoms with E-state index in [4.69, 9.17) is 29.2 Å². The number of nitrogens with zero attached hydrogens (tertiary/aromatic N) is 2. The van der Waals surface area contributed by atoms with E-state index in [9.17, 15) is 14.4 Å².